The normalized spacial score (nSPS) is 19.1. The lowest BCUT2D eigenvalue weighted by atomic mass is 10.1. The molecule has 0 spiro atoms. The van der Waals surface area contributed by atoms with Gasteiger partial charge in [-0.3, -0.25) is 4.68 Å². The highest BCUT2D eigenvalue weighted by Crippen LogP contribution is 2.52. The number of rotatable bonds is 6. The van der Waals surface area contributed by atoms with Crippen LogP contribution in [0.3, 0.4) is 0 Å². The Morgan fingerprint density at radius 3 is 2.47 bits per heavy atom. The van der Waals surface area contributed by atoms with Crippen LogP contribution in [0.2, 0.25) is 0 Å². The number of sulfone groups is 1. The van der Waals surface area contributed by atoms with Crippen LogP contribution in [0.25, 0.3) is 11.4 Å². The molecule has 2 fully saturated rings. The van der Waals surface area contributed by atoms with Crippen LogP contribution in [0, 0.1) is 0 Å². The summed E-state index contributed by atoms with van der Waals surface area (Å²) in [5.74, 6) is 1.14. The van der Waals surface area contributed by atoms with Crippen molar-refractivity contribution >= 4 is 33.1 Å². The average molecular weight is 512 g/mol. The second-order valence-corrected chi connectivity index (χ2v) is 11.7. The van der Waals surface area contributed by atoms with E-state index in [0.29, 0.717) is 61.3 Å². The summed E-state index contributed by atoms with van der Waals surface area (Å²) >= 11 is 0. The standard InChI is InChI=1S/C24H29N7O4S/c1-16-15-35-11-10-31(16)21-12-20(24(8-9-24)36(3,33)34)28-22(29-21)17-4-6-18(7-5-17)26-23(32)27-19-13-25-30(2)14-19/h4-7,12-14,16H,8-11,15H2,1-3H3,(H2,26,27,32)/t16-/m0/s1. The summed E-state index contributed by atoms with van der Waals surface area (Å²) in [5, 5.41) is 9.53. The monoisotopic (exact) mass is 511 g/mol. The van der Waals surface area contributed by atoms with E-state index < -0.39 is 14.6 Å². The Balaban J connectivity index is 1.43. The lowest BCUT2D eigenvalue weighted by Crippen LogP contribution is -2.44. The molecule has 3 aromatic rings. The molecule has 1 saturated heterocycles. The van der Waals surface area contributed by atoms with Gasteiger partial charge in [-0.1, -0.05) is 0 Å². The minimum atomic E-state index is -3.34. The summed E-state index contributed by atoms with van der Waals surface area (Å²) in [4.78, 5) is 24.0. The number of ether oxygens (including phenoxy) is 1. The number of urea groups is 1. The SMILES string of the molecule is C[C@H]1COCCN1c1cc(C2(S(C)(=O)=O)CC2)nc(-c2ccc(NC(=O)Nc3cnn(C)c3)cc2)n1. The minimum Gasteiger partial charge on any atom is -0.377 e. The van der Waals surface area contributed by atoms with Gasteiger partial charge in [0.25, 0.3) is 0 Å². The Labute approximate surface area is 209 Å². The first-order valence-electron chi connectivity index (χ1n) is 11.8. The molecule has 1 atom stereocenters. The molecule has 1 saturated carbocycles. The zero-order valence-corrected chi connectivity index (χ0v) is 21.2. The third-order valence-electron chi connectivity index (χ3n) is 6.62. The summed E-state index contributed by atoms with van der Waals surface area (Å²) < 4.78 is 31.5. The van der Waals surface area contributed by atoms with Crippen molar-refractivity contribution in [1.82, 2.24) is 19.7 Å². The highest BCUT2D eigenvalue weighted by Gasteiger charge is 2.55. The van der Waals surface area contributed by atoms with Gasteiger partial charge in [-0.2, -0.15) is 5.10 Å². The molecule has 12 heteroatoms. The topological polar surface area (TPSA) is 131 Å². The van der Waals surface area contributed by atoms with Crippen molar-refractivity contribution in [2.24, 2.45) is 7.05 Å². The van der Waals surface area contributed by atoms with Crippen LogP contribution >= 0.6 is 0 Å². The quantitative estimate of drug-likeness (QED) is 0.517. The summed E-state index contributed by atoms with van der Waals surface area (Å²) in [6.07, 6.45) is 5.63. The minimum absolute atomic E-state index is 0.104. The van der Waals surface area contributed by atoms with Crippen molar-refractivity contribution in [2.75, 3.05) is 41.5 Å². The van der Waals surface area contributed by atoms with Gasteiger partial charge in [-0.25, -0.2) is 23.2 Å². The maximum Gasteiger partial charge on any atom is 0.323 e. The second-order valence-electron chi connectivity index (χ2n) is 9.38. The van der Waals surface area contributed by atoms with Crippen LogP contribution in [0.1, 0.15) is 25.5 Å². The van der Waals surface area contributed by atoms with Gasteiger partial charge in [0.1, 0.15) is 10.6 Å². The Bertz CT molecular complexity index is 1380. The average Bonchev–Trinajstić information content (AvgIpc) is 3.57. The fraction of sp³-hybridized carbons (Fsp3) is 0.417. The van der Waals surface area contributed by atoms with E-state index in [1.165, 1.54) is 6.26 Å². The summed E-state index contributed by atoms with van der Waals surface area (Å²) in [6, 6.07) is 8.67. The highest BCUT2D eigenvalue weighted by molar-refractivity contribution is 7.91. The summed E-state index contributed by atoms with van der Waals surface area (Å²) in [7, 11) is -1.57. The predicted octanol–water partition coefficient (Wildman–Crippen LogP) is 2.78. The van der Waals surface area contributed by atoms with Gasteiger partial charge in [0.05, 0.1) is 36.8 Å². The van der Waals surface area contributed by atoms with Gasteiger partial charge in [-0.15, -0.1) is 0 Å². The van der Waals surface area contributed by atoms with Crippen LogP contribution in [0.15, 0.2) is 42.7 Å². The van der Waals surface area contributed by atoms with Gasteiger partial charge in [0.15, 0.2) is 15.7 Å². The van der Waals surface area contributed by atoms with Gasteiger partial charge >= 0.3 is 6.03 Å². The molecule has 0 bridgehead atoms. The zero-order chi connectivity index (χ0) is 25.5. The fourth-order valence-electron chi connectivity index (χ4n) is 4.42. The number of nitrogens with one attached hydrogen (secondary N) is 2. The van der Waals surface area contributed by atoms with Crippen molar-refractivity contribution in [3.8, 4) is 11.4 Å². The van der Waals surface area contributed by atoms with Gasteiger partial charge in [-0.05, 0) is 44.0 Å². The third kappa shape index (κ3) is 4.78. The van der Waals surface area contributed by atoms with E-state index in [4.69, 9.17) is 14.7 Å². The van der Waals surface area contributed by atoms with E-state index >= 15 is 0 Å². The number of carbonyl (C=O) groups excluding carboxylic acids is 1. The van der Waals surface area contributed by atoms with Crippen molar-refractivity contribution in [3.63, 3.8) is 0 Å². The number of nitrogens with zero attached hydrogens (tertiary/aromatic N) is 5. The number of aromatic nitrogens is 4. The molecule has 0 unspecified atom stereocenters. The molecule has 1 aliphatic heterocycles. The lowest BCUT2D eigenvalue weighted by Gasteiger charge is -2.34. The largest absolute Gasteiger partial charge is 0.377 e. The zero-order valence-electron chi connectivity index (χ0n) is 20.4. The van der Waals surface area contributed by atoms with Crippen molar-refractivity contribution in [2.45, 2.75) is 30.6 Å². The van der Waals surface area contributed by atoms with Gasteiger partial charge in [0.2, 0.25) is 0 Å². The molecule has 11 nitrogen and oxygen atoms in total. The third-order valence-corrected chi connectivity index (χ3v) is 8.66. The van der Waals surface area contributed by atoms with Crippen LogP contribution in [0.5, 0.6) is 0 Å². The highest BCUT2D eigenvalue weighted by atomic mass is 32.2. The number of anilines is 3. The molecule has 2 aromatic heterocycles. The second kappa shape index (κ2) is 9.17. The molecule has 1 aromatic carbocycles. The lowest BCUT2D eigenvalue weighted by molar-refractivity contribution is 0.0985. The Hall–Kier alpha value is -3.51. The first-order chi connectivity index (χ1) is 17.1. The molecule has 2 N–H and O–H groups in total. The summed E-state index contributed by atoms with van der Waals surface area (Å²) in [6.45, 7) is 3.88. The van der Waals surface area contributed by atoms with Gasteiger partial charge in [0, 0.05) is 43.4 Å². The van der Waals surface area contributed by atoms with Crippen LogP contribution in [-0.2, 0) is 26.4 Å². The van der Waals surface area contributed by atoms with E-state index in [0.717, 1.165) is 5.56 Å². The Kier molecular flexibility index (Phi) is 6.17. The van der Waals surface area contributed by atoms with Crippen molar-refractivity contribution < 1.29 is 17.9 Å². The van der Waals surface area contributed by atoms with Crippen LogP contribution in [0.4, 0.5) is 22.0 Å². The molecule has 3 heterocycles. The van der Waals surface area contributed by atoms with Crippen LogP contribution in [-0.4, -0.2) is 66.3 Å². The van der Waals surface area contributed by atoms with E-state index in [2.05, 4.69) is 27.6 Å². The molecule has 5 rings (SSSR count). The number of morpholine rings is 1. The maximum absolute atomic E-state index is 12.6. The fourth-order valence-corrected chi connectivity index (χ4v) is 5.75. The maximum atomic E-state index is 12.6. The van der Waals surface area contributed by atoms with Gasteiger partial charge < -0.3 is 20.3 Å². The van der Waals surface area contributed by atoms with Crippen molar-refractivity contribution in [3.05, 3.63) is 48.4 Å². The van der Waals surface area contributed by atoms with E-state index in [-0.39, 0.29) is 12.1 Å². The van der Waals surface area contributed by atoms with Crippen LogP contribution < -0.4 is 15.5 Å². The first-order valence-corrected chi connectivity index (χ1v) is 13.6. The number of hydrogen-bond donors (Lipinski definition) is 2. The Morgan fingerprint density at radius 2 is 1.86 bits per heavy atom. The predicted molar refractivity (Wildman–Crippen MR) is 137 cm³/mol. The Morgan fingerprint density at radius 1 is 1.14 bits per heavy atom. The number of benzene rings is 1. The molecule has 0 radical (unpaired) electrons. The van der Waals surface area contributed by atoms with E-state index in [9.17, 15) is 13.2 Å². The number of aryl methyl sites for hydroxylation is 1. The molecule has 2 amide bonds. The summed E-state index contributed by atoms with van der Waals surface area (Å²) in [5.41, 5.74) is 2.43. The molecule has 2 aliphatic rings. The molecule has 190 valence electrons. The van der Waals surface area contributed by atoms with E-state index in [1.807, 2.05) is 18.2 Å². The number of carbonyl (C=O) groups is 1. The molecule has 36 heavy (non-hydrogen) atoms. The number of hydrogen-bond acceptors (Lipinski definition) is 8. The van der Waals surface area contributed by atoms with Crippen molar-refractivity contribution in [1.29, 1.82) is 0 Å². The number of amides is 2. The van der Waals surface area contributed by atoms with E-state index in [1.54, 1.807) is 36.3 Å². The molecular formula is C24H29N7O4S. The smallest absolute Gasteiger partial charge is 0.323 e. The molecule has 1 aliphatic carbocycles. The first kappa shape index (κ1) is 24.2. The molecular weight excluding hydrogens is 482 g/mol.